The molecular weight excluding hydrogens is 234 g/mol. The molecule has 0 spiro atoms. The van der Waals surface area contributed by atoms with Gasteiger partial charge in [0.25, 0.3) is 0 Å². The predicted octanol–water partition coefficient (Wildman–Crippen LogP) is 2.81. The van der Waals surface area contributed by atoms with Gasteiger partial charge in [-0.3, -0.25) is 0 Å². The third-order valence-corrected chi connectivity index (χ3v) is 3.55. The molecular formula is C13H14ClN3. The third-order valence-electron chi connectivity index (χ3n) is 3.22. The number of halogens is 1. The molecule has 0 amide bonds. The molecule has 0 radical (unpaired) electrons. The van der Waals surface area contributed by atoms with E-state index < -0.39 is 0 Å². The molecule has 0 bridgehead atoms. The van der Waals surface area contributed by atoms with Crippen molar-refractivity contribution in [3.05, 3.63) is 41.2 Å². The number of H-pyrrole nitrogens is 1. The molecule has 3 nitrogen and oxygen atoms in total. The Balaban J connectivity index is 1.92. The molecule has 2 heterocycles. The highest BCUT2D eigenvalue weighted by atomic mass is 35.5. The number of rotatable bonds is 2. The van der Waals surface area contributed by atoms with Gasteiger partial charge in [-0.05, 0) is 25.1 Å². The van der Waals surface area contributed by atoms with Gasteiger partial charge >= 0.3 is 0 Å². The van der Waals surface area contributed by atoms with Gasteiger partial charge in [0.1, 0.15) is 5.82 Å². The molecule has 4 heteroatoms. The standard InChI is InChI=1S/C13H14ClN3/c14-11-4-2-1-3-10(11)13-16-8-12(17-13)9-5-6-15-7-9/h1-4,8-9,15H,5-7H2,(H,16,17). The molecule has 88 valence electrons. The van der Waals surface area contributed by atoms with Crippen molar-refractivity contribution in [1.29, 1.82) is 0 Å². The summed E-state index contributed by atoms with van der Waals surface area (Å²) in [5.74, 6) is 1.41. The lowest BCUT2D eigenvalue weighted by atomic mass is 10.1. The highest BCUT2D eigenvalue weighted by Crippen LogP contribution is 2.27. The smallest absolute Gasteiger partial charge is 0.138 e. The van der Waals surface area contributed by atoms with Crippen molar-refractivity contribution in [3.8, 4) is 11.4 Å². The molecule has 1 fully saturated rings. The van der Waals surface area contributed by atoms with Gasteiger partial charge in [0.15, 0.2) is 0 Å². The molecule has 1 aliphatic rings. The third kappa shape index (κ3) is 2.08. The first-order valence-corrected chi connectivity index (χ1v) is 6.23. The Morgan fingerprint density at radius 2 is 2.18 bits per heavy atom. The minimum Gasteiger partial charge on any atom is -0.342 e. The average molecular weight is 248 g/mol. The van der Waals surface area contributed by atoms with Crippen molar-refractivity contribution in [3.63, 3.8) is 0 Å². The molecule has 17 heavy (non-hydrogen) atoms. The van der Waals surface area contributed by atoms with E-state index in [0.717, 1.165) is 29.5 Å². The zero-order valence-corrected chi connectivity index (χ0v) is 10.2. The first-order chi connectivity index (χ1) is 8.34. The van der Waals surface area contributed by atoms with Crippen LogP contribution < -0.4 is 5.32 Å². The Labute approximate surface area is 105 Å². The number of hydrogen-bond donors (Lipinski definition) is 2. The summed E-state index contributed by atoms with van der Waals surface area (Å²) >= 11 is 6.16. The van der Waals surface area contributed by atoms with E-state index >= 15 is 0 Å². The second-order valence-electron chi connectivity index (χ2n) is 4.36. The number of imidazole rings is 1. The van der Waals surface area contributed by atoms with Gasteiger partial charge in [-0.2, -0.15) is 0 Å². The van der Waals surface area contributed by atoms with Crippen LogP contribution in [0.25, 0.3) is 11.4 Å². The first-order valence-electron chi connectivity index (χ1n) is 5.85. The summed E-state index contributed by atoms with van der Waals surface area (Å²) in [6, 6.07) is 7.77. The quantitative estimate of drug-likeness (QED) is 0.857. The molecule has 1 aliphatic heterocycles. The minimum atomic E-state index is 0.554. The Bertz CT molecular complexity index is 515. The zero-order valence-electron chi connectivity index (χ0n) is 9.41. The highest BCUT2D eigenvalue weighted by Gasteiger charge is 2.19. The number of aromatic amines is 1. The van der Waals surface area contributed by atoms with Crippen molar-refractivity contribution in [2.45, 2.75) is 12.3 Å². The molecule has 3 rings (SSSR count). The SMILES string of the molecule is Clc1ccccc1-c1ncc(C2CCNC2)[nH]1. The Morgan fingerprint density at radius 1 is 1.29 bits per heavy atom. The van der Waals surface area contributed by atoms with E-state index in [4.69, 9.17) is 11.6 Å². The van der Waals surface area contributed by atoms with Gasteiger partial charge < -0.3 is 10.3 Å². The lowest BCUT2D eigenvalue weighted by Crippen LogP contribution is -2.08. The average Bonchev–Trinajstić information content (AvgIpc) is 3.00. The Hall–Kier alpha value is -1.32. The summed E-state index contributed by atoms with van der Waals surface area (Å²) in [5.41, 5.74) is 2.16. The van der Waals surface area contributed by atoms with E-state index in [1.165, 1.54) is 12.1 Å². The fourth-order valence-electron chi connectivity index (χ4n) is 2.25. The lowest BCUT2D eigenvalue weighted by molar-refractivity contribution is 0.741. The van der Waals surface area contributed by atoms with Crippen LogP contribution in [0.15, 0.2) is 30.5 Å². The summed E-state index contributed by atoms with van der Waals surface area (Å²) in [5, 5.41) is 4.09. The molecule has 1 saturated heterocycles. The molecule has 1 aromatic carbocycles. The summed E-state index contributed by atoms with van der Waals surface area (Å²) in [7, 11) is 0. The van der Waals surface area contributed by atoms with E-state index in [1.54, 1.807) is 0 Å². The maximum Gasteiger partial charge on any atom is 0.138 e. The number of benzene rings is 1. The Morgan fingerprint density at radius 3 is 2.94 bits per heavy atom. The van der Waals surface area contributed by atoms with E-state index in [9.17, 15) is 0 Å². The van der Waals surface area contributed by atoms with Crippen molar-refractivity contribution < 1.29 is 0 Å². The normalized spacial score (nSPS) is 19.7. The molecule has 2 N–H and O–H groups in total. The van der Waals surface area contributed by atoms with Crippen LogP contribution in [0, 0.1) is 0 Å². The van der Waals surface area contributed by atoms with Gasteiger partial charge in [-0.25, -0.2) is 4.98 Å². The molecule has 0 aliphatic carbocycles. The van der Waals surface area contributed by atoms with Crippen molar-refractivity contribution in [1.82, 2.24) is 15.3 Å². The van der Waals surface area contributed by atoms with E-state index in [0.29, 0.717) is 5.92 Å². The molecule has 1 atom stereocenters. The maximum atomic E-state index is 6.16. The lowest BCUT2D eigenvalue weighted by Gasteiger charge is -2.04. The van der Waals surface area contributed by atoms with Crippen LogP contribution in [0.1, 0.15) is 18.0 Å². The van der Waals surface area contributed by atoms with Crippen LogP contribution in [-0.4, -0.2) is 23.1 Å². The monoisotopic (exact) mass is 247 g/mol. The maximum absolute atomic E-state index is 6.16. The second-order valence-corrected chi connectivity index (χ2v) is 4.76. The van der Waals surface area contributed by atoms with Crippen molar-refractivity contribution in [2.75, 3.05) is 13.1 Å². The van der Waals surface area contributed by atoms with Crippen LogP contribution >= 0.6 is 11.6 Å². The molecule has 0 saturated carbocycles. The van der Waals surface area contributed by atoms with Crippen LogP contribution in [0.5, 0.6) is 0 Å². The van der Waals surface area contributed by atoms with Gasteiger partial charge in [-0.1, -0.05) is 23.7 Å². The highest BCUT2D eigenvalue weighted by molar-refractivity contribution is 6.33. The second kappa shape index (κ2) is 4.51. The van der Waals surface area contributed by atoms with Crippen LogP contribution in [-0.2, 0) is 0 Å². The van der Waals surface area contributed by atoms with Crippen molar-refractivity contribution >= 4 is 11.6 Å². The van der Waals surface area contributed by atoms with E-state index in [-0.39, 0.29) is 0 Å². The molecule has 2 aromatic rings. The fraction of sp³-hybridized carbons (Fsp3) is 0.308. The number of nitrogens with zero attached hydrogens (tertiary/aromatic N) is 1. The summed E-state index contributed by atoms with van der Waals surface area (Å²) in [4.78, 5) is 7.80. The summed E-state index contributed by atoms with van der Waals surface area (Å²) in [6.45, 7) is 2.12. The molecule has 1 unspecified atom stereocenters. The fourth-order valence-corrected chi connectivity index (χ4v) is 2.48. The number of nitrogens with one attached hydrogen (secondary N) is 2. The van der Waals surface area contributed by atoms with Gasteiger partial charge in [0.05, 0.1) is 5.02 Å². The van der Waals surface area contributed by atoms with Crippen LogP contribution in [0.3, 0.4) is 0 Å². The number of aromatic nitrogens is 2. The van der Waals surface area contributed by atoms with Gasteiger partial charge in [0.2, 0.25) is 0 Å². The van der Waals surface area contributed by atoms with E-state index in [1.807, 2.05) is 30.5 Å². The van der Waals surface area contributed by atoms with Crippen molar-refractivity contribution in [2.24, 2.45) is 0 Å². The summed E-state index contributed by atoms with van der Waals surface area (Å²) < 4.78 is 0. The first kappa shape index (κ1) is 10.8. The van der Waals surface area contributed by atoms with Gasteiger partial charge in [-0.15, -0.1) is 0 Å². The molecule has 1 aromatic heterocycles. The number of hydrogen-bond acceptors (Lipinski definition) is 2. The Kier molecular flexibility index (Phi) is 2.87. The predicted molar refractivity (Wildman–Crippen MR) is 69.3 cm³/mol. The largest absolute Gasteiger partial charge is 0.342 e. The van der Waals surface area contributed by atoms with Crippen LogP contribution in [0.2, 0.25) is 5.02 Å². The van der Waals surface area contributed by atoms with Gasteiger partial charge in [0, 0.05) is 29.9 Å². The minimum absolute atomic E-state index is 0.554. The zero-order chi connectivity index (χ0) is 11.7. The van der Waals surface area contributed by atoms with Crippen LogP contribution in [0.4, 0.5) is 0 Å². The van der Waals surface area contributed by atoms with E-state index in [2.05, 4.69) is 15.3 Å². The topological polar surface area (TPSA) is 40.7 Å². The summed E-state index contributed by atoms with van der Waals surface area (Å²) in [6.07, 6.45) is 3.10.